The maximum atomic E-state index is 14.1. The van der Waals surface area contributed by atoms with E-state index < -0.39 is 0 Å². The molecule has 2 N–H and O–H groups in total. The van der Waals surface area contributed by atoms with Gasteiger partial charge in [0.05, 0.1) is 0 Å². The maximum Gasteiger partial charge on any atom is 0.131 e. The van der Waals surface area contributed by atoms with E-state index in [-0.39, 0.29) is 11.2 Å². The van der Waals surface area contributed by atoms with Crippen molar-refractivity contribution in [3.8, 4) is 11.1 Å². The van der Waals surface area contributed by atoms with Gasteiger partial charge in [0, 0.05) is 11.3 Å². The molecule has 0 amide bonds. The van der Waals surface area contributed by atoms with Crippen molar-refractivity contribution in [2.24, 2.45) is 0 Å². The number of rotatable bonds is 3. The van der Waals surface area contributed by atoms with Gasteiger partial charge in [-0.3, -0.25) is 0 Å². The van der Waals surface area contributed by atoms with Gasteiger partial charge >= 0.3 is 0 Å². The molecule has 20 heavy (non-hydrogen) atoms. The zero-order valence-electron chi connectivity index (χ0n) is 12.6. The molecule has 0 atom stereocenters. The molecule has 0 aliphatic carbocycles. The van der Waals surface area contributed by atoms with Crippen LogP contribution in [0.25, 0.3) is 11.1 Å². The van der Waals surface area contributed by atoms with E-state index in [1.807, 2.05) is 19.1 Å². The van der Waals surface area contributed by atoms with Crippen LogP contribution in [0.2, 0.25) is 0 Å². The Kier molecular flexibility index (Phi) is 3.85. The topological polar surface area (TPSA) is 26.0 Å². The highest BCUT2D eigenvalue weighted by Crippen LogP contribution is 2.31. The number of anilines is 1. The fourth-order valence-corrected chi connectivity index (χ4v) is 2.22. The summed E-state index contributed by atoms with van der Waals surface area (Å²) in [5.41, 5.74) is 10.1. The first-order chi connectivity index (χ1) is 9.35. The van der Waals surface area contributed by atoms with Crippen LogP contribution in [0.4, 0.5) is 10.1 Å². The molecular formula is C18H22FN. The maximum absolute atomic E-state index is 14.1. The molecule has 2 aromatic rings. The van der Waals surface area contributed by atoms with Crippen LogP contribution in [0.3, 0.4) is 0 Å². The van der Waals surface area contributed by atoms with E-state index in [1.54, 1.807) is 6.07 Å². The Bertz CT molecular complexity index is 612. The van der Waals surface area contributed by atoms with E-state index in [1.165, 1.54) is 11.6 Å². The number of nitrogen functional groups attached to an aromatic ring is 1. The summed E-state index contributed by atoms with van der Waals surface area (Å²) < 4.78 is 14.1. The Hall–Kier alpha value is -1.83. The monoisotopic (exact) mass is 271 g/mol. The van der Waals surface area contributed by atoms with Gasteiger partial charge in [-0.1, -0.05) is 45.0 Å². The van der Waals surface area contributed by atoms with Crippen molar-refractivity contribution in [3.05, 3.63) is 53.3 Å². The Morgan fingerprint density at radius 1 is 1.10 bits per heavy atom. The first-order valence-corrected chi connectivity index (χ1v) is 7.01. The van der Waals surface area contributed by atoms with E-state index in [0.29, 0.717) is 11.3 Å². The lowest BCUT2D eigenvalue weighted by molar-refractivity contribution is 0.506. The highest BCUT2D eigenvalue weighted by Gasteiger charge is 2.18. The lowest BCUT2D eigenvalue weighted by atomic mass is 9.82. The molecule has 0 saturated heterocycles. The Morgan fingerprint density at radius 2 is 1.70 bits per heavy atom. The van der Waals surface area contributed by atoms with Gasteiger partial charge < -0.3 is 5.73 Å². The second-order valence-corrected chi connectivity index (χ2v) is 6.00. The third-order valence-electron chi connectivity index (χ3n) is 4.22. The van der Waals surface area contributed by atoms with E-state index in [0.717, 1.165) is 17.5 Å². The van der Waals surface area contributed by atoms with Gasteiger partial charge in [-0.15, -0.1) is 0 Å². The van der Waals surface area contributed by atoms with Crippen molar-refractivity contribution in [3.63, 3.8) is 0 Å². The fraction of sp³-hybridized carbons (Fsp3) is 0.333. The molecule has 1 nitrogen and oxygen atoms in total. The Balaban J connectivity index is 2.43. The van der Waals surface area contributed by atoms with Crippen molar-refractivity contribution >= 4 is 5.69 Å². The van der Waals surface area contributed by atoms with Crippen LogP contribution in [0, 0.1) is 12.7 Å². The van der Waals surface area contributed by atoms with Gasteiger partial charge in [0.25, 0.3) is 0 Å². The van der Waals surface area contributed by atoms with Gasteiger partial charge in [0.15, 0.2) is 0 Å². The lowest BCUT2D eigenvalue weighted by Crippen LogP contribution is -2.14. The van der Waals surface area contributed by atoms with Crippen molar-refractivity contribution < 1.29 is 4.39 Å². The molecule has 0 unspecified atom stereocenters. The summed E-state index contributed by atoms with van der Waals surface area (Å²) >= 11 is 0. The predicted octanol–water partition coefficient (Wildman–Crippen LogP) is 5.07. The average Bonchev–Trinajstić information content (AvgIpc) is 2.43. The van der Waals surface area contributed by atoms with E-state index in [9.17, 15) is 4.39 Å². The molecule has 0 heterocycles. The van der Waals surface area contributed by atoms with Crippen molar-refractivity contribution in [1.29, 1.82) is 0 Å². The number of hydrogen-bond donors (Lipinski definition) is 1. The molecule has 2 aromatic carbocycles. The molecule has 0 spiro atoms. The number of hydrogen-bond acceptors (Lipinski definition) is 1. The van der Waals surface area contributed by atoms with Crippen LogP contribution in [0.5, 0.6) is 0 Å². The van der Waals surface area contributed by atoms with Crippen molar-refractivity contribution in [1.82, 2.24) is 0 Å². The summed E-state index contributed by atoms with van der Waals surface area (Å²) in [5, 5.41) is 0. The molecule has 0 bridgehead atoms. The summed E-state index contributed by atoms with van der Waals surface area (Å²) in [6.07, 6.45) is 1.07. The zero-order valence-corrected chi connectivity index (χ0v) is 12.6. The van der Waals surface area contributed by atoms with Gasteiger partial charge in [-0.2, -0.15) is 0 Å². The standard InChI is InChI=1S/C18H22FN/c1-5-18(3,4)14-8-6-13(7-9-14)15-11-17(20)12(2)10-16(15)19/h6-11H,5,20H2,1-4H3. The average molecular weight is 271 g/mol. The summed E-state index contributed by atoms with van der Waals surface area (Å²) in [7, 11) is 0. The number of aryl methyl sites for hydroxylation is 1. The van der Waals surface area contributed by atoms with Gasteiger partial charge in [0.2, 0.25) is 0 Å². The van der Waals surface area contributed by atoms with E-state index in [4.69, 9.17) is 5.73 Å². The SMILES string of the molecule is CCC(C)(C)c1ccc(-c2cc(N)c(C)cc2F)cc1. The van der Waals surface area contributed by atoms with Gasteiger partial charge in [-0.05, 0) is 47.6 Å². The van der Waals surface area contributed by atoms with Gasteiger partial charge in [0.1, 0.15) is 5.82 Å². The minimum Gasteiger partial charge on any atom is -0.398 e. The van der Waals surface area contributed by atoms with Crippen LogP contribution >= 0.6 is 0 Å². The van der Waals surface area contributed by atoms with Crippen LogP contribution in [-0.4, -0.2) is 0 Å². The lowest BCUT2D eigenvalue weighted by Gasteiger charge is -2.23. The third-order valence-corrected chi connectivity index (χ3v) is 4.22. The number of halogens is 1. The van der Waals surface area contributed by atoms with Crippen molar-refractivity contribution in [2.75, 3.05) is 5.73 Å². The second-order valence-electron chi connectivity index (χ2n) is 6.00. The summed E-state index contributed by atoms with van der Waals surface area (Å²) in [6.45, 7) is 8.42. The highest BCUT2D eigenvalue weighted by molar-refractivity contribution is 5.70. The number of nitrogens with two attached hydrogens (primary N) is 1. The quantitative estimate of drug-likeness (QED) is 0.775. The molecule has 2 rings (SSSR count). The van der Waals surface area contributed by atoms with Crippen LogP contribution in [0.1, 0.15) is 38.3 Å². The molecule has 0 aromatic heterocycles. The third kappa shape index (κ3) is 2.69. The molecule has 0 aliphatic heterocycles. The Labute approximate surface area is 120 Å². The molecular weight excluding hydrogens is 249 g/mol. The Morgan fingerprint density at radius 3 is 2.25 bits per heavy atom. The predicted molar refractivity (Wildman–Crippen MR) is 84.3 cm³/mol. The largest absolute Gasteiger partial charge is 0.398 e. The molecule has 0 fully saturated rings. The van der Waals surface area contributed by atoms with Crippen LogP contribution in [0.15, 0.2) is 36.4 Å². The molecule has 0 aliphatic rings. The summed E-state index contributed by atoms with van der Waals surface area (Å²) in [5.74, 6) is -0.223. The zero-order chi connectivity index (χ0) is 14.9. The summed E-state index contributed by atoms with van der Waals surface area (Å²) in [4.78, 5) is 0. The first-order valence-electron chi connectivity index (χ1n) is 7.01. The normalized spacial score (nSPS) is 11.7. The first kappa shape index (κ1) is 14.6. The fourth-order valence-electron chi connectivity index (χ4n) is 2.22. The van der Waals surface area contributed by atoms with E-state index in [2.05, 4.69) is 32.9 Å². The van der Waals surface area contributed by atoms with Crippen LogP contribution < -0.4 is 5.73 Å². The second kappa shape index (κ2) is 5.28. The minimum atomic E-state index is -0.223. The van der Waals surface area contributed by atoms with Crippen molar-refractivity contribution in [2.45, 2.75) is 39.5 Å². The molecule has 106 valence electrons. The molecule has 2 heteroatoms. The summed E-state index contributed by atoms with van der Waals surface area (Å²) in [6, 6.07) is 11.3. The molecule has 0 saturated carbocycles. The molecule has 0 radical (unpaired) electrons. The van der Waals surface area contributed by atoms with Gasteiger partial charge in [-0.25, -0.2) is 4.39 Å². The smallest absolute Gasteiger partial charge is 0.131 e. The minimum absolute atomic E-state index is 0.142. The van der Waals surface area contributed by atoms with E-state index >= 15 is 0 Å². The highest BCUT2D eigenvalue weighted by atomic mass is 19.1. The van der Waals surface area contributed by atoms with Crippen LogP contribution in [-0.2, 0) is 5.41 Å². The number of benzene rings is 2.